The molecule has 0 amide bonds. The Morgan fingerprint density at radius 1 is 1.44 bits per heavy atom. The number of thiazole rings is 1. The van der Waals surface area contributed by atoms with Crippen LogP contribution in [0.25, 0.3) is 21.3 Å². The first-order chi connectivity index (χ1) is 8.56. The monoisotopic (exact) mass is 282 g/mol. The summed E-state index contributed by atoms with van der Waals surface area (Å²) in [5.41, 5.74) is 0.417. The predicted octanol–water partition coefficient (Wildman–Crippen LogP) is 2.01. The molecule has 2 aromatic heterocycles. The number of fused-ring (bicyclic) bond motifs is 2. The first-order valence-electron chi connectivity index (χ1n) is 5.02. The zero-order chi connectivity index (χ0) is 12.9. The average molecular weight is 282 g/mol. The Morgan fingerprint density at radius 2 is 2.22 bits per heavy atom. The molecule has 0 fully saturated rings. The summed E-state index contributed by atoms with van der Waals surface area (Å²) >= 11 is 1.18. The second-order valence-corrected chi connectivity index (χ2v) is 6.31. The van der Waals surface area contributed by atoms with Crippen molar-refractivity contribution >= 4 is 43.4 Å². The minimum Gasteiger partial charge on any atom is -0.345 e. The van der Waals surface area contributed by atoms with Crippen LogP contribution in [0.1, 0.15) is 0 Å². The lowest BCUT2D eigenvalue weighted by Gasteiger charge is -1.97. The van der Waals surface area contributed by atoms with E-state index in [1.807, 2.05) is 0 Å². The summed E-state index contributed by atoms with van der Waals surface area (Å²) in [6.45, 7) is 0. The van der Waals surface area contributed by atoms with Gasteiger partial charge in [0, 0.05) is 6.26 Å². The lowest BCUT2D eigenvalue weighted by atomic mass is 10.2. The summed E-state index contributed by atoms with van der Waals surface area (Å²) in [7, 11) is -1.24. The highest BCUT2D eigenvalue weighted by molar-refractivity contribution is 7.86. The third kappa shape index (κ3) is 1.67. The molecule has 1 N–H and O–H groups in total. The number of rotatable bonds is 1. The zero-order valence-corrected chi connectivity index (χ0v) is 10.8. The topological polar surface area (TPSA) is 62.8 Å². The summed E-state index contributed by atoms with van der Waals surface area (Å²) in [5.74, 6) is -0.470. The summed E-state index contributed by atoms with van der Waals surface area (Å²) in [5, 5.41) is 0.251. The number of halogens is 1. The summed E-state index contributed by atoms with van der Waals surface area (Å²) in [6.07, 6.45) is 1.50. The molecule has 7 heteroatoms. The van der Waals surface area contributed by atoms with Crippen molar-refractivity contribution in [1.82, 2.24) is 9.97 Å². The number of pyridine rings is 1. The van der Waals surface area contributed by atoms with E-state index in [0.29, 0.717) is 14.7 Å². The predicted molar refractivity (Wildman–Crippen MR) is 70.0 cm³/mol. The van der Waals surface area contributed by atoms with Crippen LogP contribution in [-0.4, -0.2) is 20.4 Å². The molecule has 2 heterocycles. The standard InChI is InChI=1S/C11H7FN2O2S2/c1-18(16)11-14-8-9(15)6-4-5(12)2-3-7(6)13-10(8)17-11/h2-4H,1H3,(H,13,15). The van der Waals surface area contributed by atoms with Crippen LogP contribution >= 0.6 is 11.3 Å². The fraction of sp³-hybridized carbons (Fsp3) is 0.0909. The van der Waals surface area contributed by atoms with Crippen LogP contribution in [0.5, 0.6) is 0 Å². The molecule has 4 nitrogen and oxygen atoms in total. The summed E-state index contributed by atoms with van der Waals surface area (Å²) < 4.78 is 24.9. The van der Waals surface area contributed by atoms with Gasteiger partial charge in [0.25, 0.3) is 0 Å². The highest BCUT2D eigenvalue weighted by Crippen LogP contribution is 2.22. The van der Waals surface area contributed by atoms with Crippen molar-refractivity contribution in [3.63, 3.8) is 0 Å². The third-order valence-corrected chi connectivity index (χ3v) is 4.85. The molecule has 0 aliphatic rings. The van der Waals surface area contributed by atoms with Gasteiger partial charge in [0.15, 0.2) is 4.34 Å². The molecule has 0 bridgehead atoms. The van der Waals surface area contributed by atoms with E-state index in [9.17, 15) is 13.4 Å². The van der Waals surface area contributed by atoms with Gasteiger partial charge in [-0.15, -0.1) is 0 Å². The van der Waals surface area contributed by atoms with Crippen LogP contribution in [-0.2, 0) is 10.8 Å². The first-order valence-corrected chi connectivity index (χ1v) is 7.39. The molecule has 0 aliphatic heterocycles. The van der Waals surface area contributed by atoms with Crippen LogP contribution in [0.4, 0.5) is 4.39 Å². The smallest absolute Gasteiger partial charge is 0.216 e. The van der Waals surface area contributed by atoms with E-state index in [4.69, 9.17) is 0 Å². The Bertz CT molecular complexity index is 853. The van der Waals surface area contributed by atoms with Crippen molar-refractivity contribution in [2.24, 2.45) is 0 Å². The number of nitrogens with one attached hydrogen (secondary N) is 1. The molecule has 1 aromatic carbocycles. The molecule has 0 spiro atoms. The van der Waals surface area contributed by atoms with Gasteiger partial charge < -0.3 is 4.98 Å². The molecule has 1 unspecified atom stereocenters. The van der Waals surface area contributed by atoms with Gasteiger partial charge in [-0.05, 0) is 18.2 Å². The SMILES string of the molecule is CS(=O)c1nc2c(=O)c3cc(F)ccc3[nH]c2s1. The maximum absolute atomic E-state index is 13.1. The molecular formula is C11H7FN2O2S2. The molecule has 1 atom stereocenters. The van der Waals surface area contributed by atoms with Crippen LogP contribution < -0.4 is 5.43 Å². The quantitative estimate of drug-likeness (QED) is 0.742. The first kappa shape index (κ1) is 11.5. The van der Waals surface area contributed by atoms with E-state index in [0.717, 1.165) is 0 Å². The van der Waals surface area contributed by atoms with Gasteiger partial charge >= 0.3 is 0 Å². The average Bonchev–Trinajstić information content (AvgIpc) is 2.75. The van der Waals surface area contributed by atoms with Crippen molar-refractivity contribution in [3.05, 3.63) is 34.2 Å². The zero-order valence-electron chi connectivity index (χ0n) is 9.19. The van der Waals surface area contributed by atoms with Gasteiger partial charge in [-0.2, -0.15) is 0 Å². The molecule has 0 saturated heterocycles. The number of H-pyrrole nitrogens is 1. The minimum atomic E-state index is -1.24. The van der Waals surface area contributed by atoms with Crippen LogP contribution in [0, 0.1) is 5.82 Å². The maximum Gasteiger partial charge on any atom is 0.216 e. The van der Waals surface area contributed by atoms with Gasteiger partial charge in [0.1, 0.15) is 16.2 Å². The Kier molecular flexibility index (Phi) is 2.53. The molecule has 92 valence electrons. The van der Waals surface area contributed by atoms with E-state index in [-0.39, 0.29) is 16.3 Å². The van der Waals surface area contributed by atoms with E-state index in [2.05, 4.69) is 9.97 Å². The number of aromatic nitrogens is 2. The molecule has 18 heavy (non-hydrogen) atoms. The number of nitrogens with zero attached hydrogens (tertiary/aromatic N) is 1. The van der Waals surface area contributed by atoms with Crippen LogP contribution in [0.2, 0.25) is 0 Å². The summed E-state index contributed by atoms with van der Waals surface area (Å²) in [4.78, 5) is 19.7. The molecule has 0 radical (unpaired) electrons. The van der Waals surface area contributed by atoms with E-state index in [1.54, 1.807) is 0 Å². The Hall–Kier alpha value is -1.60. The van der Waals surface area contributed by atoms with Gasteiger partial charge in [0.2, 0.25) is 5.43 Å². The Morgan fingerprint density at radius 3 is 2.94 bits per heavy atom. The fourth-order valence-electron chi connectivity index (χ4n) is 1.73. The van der Waals surface area contributed by atoms with Crippen LogP contribution in [0.3, 0.4) is 0 Å². The normalized spacial score (nSPS) is 13.2. The van der Waals surface area contributed by atoms with Gasteiger partial charge in [0.05, 0.1) is 21.7 Å². The fourth-order valence-corrected chi connectivity index (χ4v) is 3.37. The minimum absolute atomic E-state index is 0.211. The van der Waals surface area contributed by atoms with Crippen LogP contribution in [0.15, 0.2) is 27.3 Å². The highest BCUT2D eigenvalue weighted by Gasteiger charge is 2.13. The third-order valence-electron chi connectivity index (χ3n) is 2.54. The summed E-state index contributed by atoms with van der Waals surface area (Å²) in [6, 6.07) is 3.97. The molecule has 3 rings (SSSR count). The lowest BCUT2D eigenvalue weighted by molar-refractivity contribution is 0.629. The second kappa shape index (κ2) is 3.96. The number of hydrogen-bond acceptors (Lipinski definition) is 4. The van der Waals surface area contributed by atoms with E-state index < -0.39 is 16.6 Å². The molecule has 3 aromatic rings. The molecule has 0 aliphatic carbocycles. The second-order valence-electron chi connectivity index (χ2n) is 3.76. The number of hydrogen-bond donors (Lipinski definition) is 1. The van der Waals surface area contributed by atoms with Crippen molar-refractivity contribution < 1.29 is 8.60 Å². The Labute approximate surface area is 107 Å². The largest absolute Gasteiger partial charge is 0.345 e. The Balaban J connectivity index is 2.49. The van der Waals surface area contributed by atoms with Crippen molar-refractivity contribution in [3.8, 4) is 0 Å². The van der Waals surface area contributed by atoms with E-state index in [1.165, 1.54) is 35.8 Å². The van der Waals surface area contributed by atoms with Gasteiger partial charge in [-0.25, -0.2) is 9.37 Å². The molecule has 0 saturated carbocycles. The van der Waals surface area contributed by atoms with Gasteiger partial charge in [-0.3, -0.25) is 9.00 Å². The van der Waals surface area contributed by atoms with Crippen molar-refractivity contribution in [2.75, 3.05) is 6.26 Å². The number of aromatic amines is 1. The van der Waals surface area contributed by atoms with Gasteiger partial charge in [-0.1, -0.05) is 11.3 Å². The highest BCUT2D eigenvalue weighted by atomic mass is 32.2. The lowest BCUT2D eigenvalue weighted by Crippen LogP contribution is -2.04. The maximum atomic E-state index is 13.1. The van der Waals surface area contributed by atoms with Crippen molar-refractivity contribution in [1.29, 1.82) is 0 Å². The molecular weight excluding hydrogens is 275 g/mol. The number of benzene rings is 1. The van der Waals surface area contributed by atoms with E-state index >= 15 is 0 Å². The van der Waals surface area contributed by atoms with Crippen molar-refractivity contribution in [2.45, 2.75) is 4.34 Å².